The molecule has 1 aromatic carbocycles. The molecule has 0 amide bonds. The zero-order valence-corrected chi connectivity index (χ0v) is 15.3. The molecule has 2 N–H and O–H groups in total. The molecule has 2 atom stereocenters. The molecule has 0 radical (unpaired) electrons. The minimum absolute atomic E-state index is 0.0714. The van der Waals surface area contributed by atoms with Gasteiger partial charge in [-0.2, -0.15) is 0 Å². The number of nitrogens with two attached hydrogens (primary N) is 1. The van der Waals surface area contributed by atoms with Crippen LogP contribution >= 0.6 is 27.3 Å². The number of thiophene rings is 1. The summed E-state index contributed by atoms with van der Waals surface area (Å²) in [5.41, 5.74) is 7.54. The number of hydrogen-bond acceptors (Lipinski definition) is 3. The zero-order chi connectivity index (χ0) is 15.6. The van der Waals surface area contributed by atoms with Crippen LogP contribution in [0.2, 0.25) is 0 Å². The van der Waals surface area contributed by atoms with E-state index >= 15 is 0 Å². The highest BCUT2D eigenvalue weighted by molar-refractivity contribution is 9.11. The van der Waals surface area contributed by atoms with Crippen molar-refractivity contribution in [1.82, 2.24) is 0 Å². The summed E-state index contributed by atoms with van der Waals surface area (Å²) >= 11 is 5.15. The lowest BCUT2D eigenvalue weighted by atomic mass is 9.87. The minimum Gasteiger partial charge on any atom is -0.483 e. The Morgan fingerprint density at radius 2 is 1.71 bits per heavy atom. The van der Waals surface area contributed by atoms with Crippen molar-refractivity contribution in [3.8, 4) is 5.75 Å². The van der Waals surface area contributed by atoms with E-state index in [0.717, 1.165) is 14.4 Å². The molecule has 0 saturated heterocycles. The van der Waals surface area contributed by atoms with Gasteiger partial charge in [0.25, 0.3) is 0 Å². The monoisotopic (exact) mass is 367 g/mol. The highest BCUT2D eigenvalue weighted by Crippen LogP contribution is 2.33. The smallest absolute Gasteiger partial charge is 0.148 e. The quantitative estimate of drug-likeness (QED) is 0.797. The summed E-state index contributed by atoms with van der Waals surface area (Å²) in [4.78, 5) is 1.14. The fourth-order valence-electron chi connectivity index (χ4n) is 2.09. The number of halogens is 1. The Balaban J connectivity index is 2.18. The standard InChI is InChI=1S/C17H22BrNOS/c1-11(19)16(14-9-10-15(18)21-14)20-13-7-5-12(6-8-13)17(2,3)4/h5-11,16H,19H2,1-4H3. The van der Waals surface area contributed by atoms with Crippen LogP contribution in [0.15, 0.2) is 40.2 Å². The highest BCUT2D eigenvalue weighted by atomic mass is 79.9. The number of hydrogen-bond donors (Lipinski definition) is 1. The molecule has 2 aromatic rings. The van der Waals surface area contributed by atoms with Gasteiger partial charge in [-0.1, -0.05) is 32.9 Å². The fraction of sp³-hybridized carbons (Fsp3) is 0.412. The van der Waals surface area contributed by atoms with Gasteiger partial charge in [0.2, 0.25) is 0 Å². The summed E-state index contributed by atoms with van der Waals surface area (Å²) in [6.45, 7) is 8.59. The van der Waals surface area contributed by atoms with Gasteiger partial charge in [0.1, 0.15) is 11.9 Å². The van der Waals surface area contributed by atoms with E-state index in [4.69, 9.17) is 10.5 Å². The molecule has 2 rings (SSSR count). The first-order chi connectivity index (χ1) is 9.77. The molecule has 0 bridgehead atoms. The van der Waals surface area contributed by atoms with Crippen LogP contribution in [0.25, 0.3) is 0 Å². The molecule has 0 spiro atoms. The first-order valence-electron chi connectivity index (χ1n) is 7.05. The van der Waals surface area contributed by atoms with Crippen molar-refractivity contribution in [1.29, 1.82) is 0 Å². The maximum atomic E-state index is 6.11. The van der Waals surface area contributed by atoms with Gasteiger partial charge in [-0.15, -0.1) is 11.3 Å². The van der Waals surface area contributed by atoms with Gasteiger partial charge in [0.05, 0.1) is 3.79 Å². The van der Waals surface area contributed by atoms with Crippen molar-refractivity contribution in [3.05, 3.63) is 50.6 Å². The lowest BCUT2D eigenvalue weighted by Gasteiger charge is -2.23. The van der Waals surface area contributed by atoms with E-state index in [0.29, 0.717) is 0 Å². The Labute approximate surface area is 139 Å². The summed E-state index contributed by atoms with van der Waals surface area (Å²) in [6, 6.07) is 12.3. The Morgan fingerprint density at radius 1 is 1.10 bits per heavy atom. The van der Waals surface area contributed by atoms with Crippen molar-refractivity contribution >= 4 is 27.3 Å². The summed E-state index contributed by atoms with van der Waals surface area (Å²) in [5, 5.41) is 0. The van der Waals surface area contributed by atoms with Crippen LogP contribution in [0.1, 0.15) is 44.2 Å². The van der Waals surface area contributed by atoms with Crippen molar-refractivity contribution in [2.24, 2.45) is 5.73 Å². The third kappa shape index (κ3) is 4.31. The van der Waals surface area contributed by atoms with Gasteiger partial charge < -0.3 is 10.5 Å². The van der Waals surface area contributed by atoms with E-state index in [-0.39, 0.29) is 17.6 Å². The highest BCUT2D eigenvalue weighted by Gasteiger charge is 2.20. The number of benzene rings is 1. The summed E-state index contributed by atoms with van der Waals surface area (Å²) in [5.74, 6) is 0.856. The second-order valence-corrected chi connectivity index (χ2v) is 8.81. The normalized spacial score (nSPS) is 14.8. The van der Waals surface area contributed by atoms with Crippen LogP contribution in [0, 0.1) is 0 Å². The van der Waals surface area contributed by atoms with Gasteiger partial charge in [0.15, 0.2) is 0 Å². The van der Waals surface area contributed by atoms with E-state index in [1.807, 2.05) is 25.1 Å². The Kier molecular flexibility index (Phi) is 5.12. The topological polar surface area (TPSA) is 35.2 Å². The predicted molar refractivity (Wildman–Crippen MR) is 94.2 cm³/mol. The van der Waals surface area contributed by atoms with Crippen LogP contribution < -0.4 is 10.5 Å². The molecule has 2 unspecified atom stereocenters. The first kappa shape index (κ1) is 16.5. The molecule has 4 heteroatoms. The van der Waals surface area contributed by atoms with Crippen LogP contribution in [-0.4, -0.2) is 6.04 Å². The van der Waals surface area contributed by atoms with Gasteiger partial charge in [-0.3, -0.25) is 0 Å². The van der Waals surface area contributed by atoms with Gasteiger partial charge >= 0.3 is 0 Å². The molecular weight excluding hydrogens is 346 g/mol. The lowest BCUT2D eigenvalue weighted by molar-refractivity contribution is 0.184. The summed E-state index contributed by atoms with van der Waals surface area (Å²) in [6.07, 6.45) is -0.123. The maximum Gasteiger partial charge on any atom is 0.148 e. The molecule has 0 aliphatic rings. The third-order valence-corrected chi connectivity index (χ3v) is 5.02. The summed E-state index contributed by atoms with van der Waals surface area (Å²) in [7, 11) is 0. The fourth-order valence-corrected chi connectivity index (χ4v) is 3.65. The van der Waals surface area contributed by atoms with E-state index in [2.05, 4.69) is 54.9 Å². The van der Waals surface area contributed by atoms with E-state index in [1.54, 1.807) is 11.3 Å². The minimum atomic E-state index is -0.123. The number of rotatable bonds is 4. The Bertz CT molecular complexity index is 584. The van der Waals surface area contributed by atoms with Crippen LogP contribution in [0.3, 0.4) is 0 Å². The molecule has 0 saturated carbocycles. The van der Waals surface area contributed by atoms with E-state index in [9.17, 15) is 0 Å². The molecule has 0 aliphatic heterocycles. The van der Waals surface area contributed by atoms with Gasteiger partial charge in [-0.25, -0.2) is 0 Å². The van der Waals surface area contributed by atoms with Crippen LogP contribution in [0.4, 0.5) is 0 Å². The molecule has 1 aromatic heterocycles. The van der Waals surface area contributed by atoms with Gasteiger partial charge in [-0.05, 0) is 58.1 Å². The predicted octanol–water partition coefficient (Wildman–Crippen LogP) is 5.28. The van der Waals surface area contributed by atoms with Gasteiger partial charge in [0, 0.05) is 10.9 Å². The van der Waals surface area contributed by atoms with E-state index in [1.165, 1.54) is 5.56 Å². The molecular formula is C17H22BrNOS. The maximum absolute atomic E-state index is 6.11. The second-order valence-electron chi connectivity index (χ2n) is 6.31. The lowest BCUT2D eigenvalue weighted by Crippen LogP contribution is -2.28. The van der Waals surface area contributed by atoms with Crippen LogP contribution in [-0.2, 0) is 5.41 Å². The largest absolute Gasteiger partial charge is 0.483 e. The Hall–Kier alpha value is -0.840. The first-order valence-corrected chi connectivity index (χ1v) is 8.66. The van der Waals surface area contributed by atoms with Crippen molar-refractivity contribution < 1.29 is 4.74 Å². The number of ether oxygens (including phenoxy) is 1. The average Bonchev–Trinajstić information content (AvgIpc) is 2.81. The van der Waals surface area contributed by atoms with Crippen molar-refractivity contribution in [2.75, 3.05) is 0 Å². The SMILES string of the molecule is CC(N)C(Oc1ccc(C(C)(C)C)cc1)c1ccc(Br)s1. The summed E-state index contributed by atoms with van der Waals surface area (Å²) < 4.78 is 7.20. The molecule has 2 nitrogen and oxygen atoms in total. The average molecular weight is 368 g/mol. The molecule has 0 fully saturated rings. The van der Waals surface area contributed by atoms with E-state index < -0.39 is 0 Å². The Morgan fingerprint density at radius 3 is 2.14 bits per heavy atom. The molecule has 114 valence electrons. The third-order valence-electron chi connectivity index (χ3n) is 3.34. The molecule has 1 heterocycles. The molecule has 21 heavy (non-hydrogen) atoms. The van der Waals surface area contributed by atoms with Crippen molar-refractivity contribution in [3.63, 3.8) is 0 Å². The second kappa shape index (κ2) is 6.51. The van der Waals surface area contributed by atoms with Crippen LogP contribution in [0.5, 0.6) is 5.75 Å². The zero-order valence-electron chi connectivity index (χ0n) is 12.9. The van der Waals surface area contributed by atoms with Crippen molar-refractivity contribution in [2.45, 2.75) is 45.3 Å². The molecule has 0 aliphatic carbocycles.